The van der Waals surface area contributed by atoms with Crippen LogP contribution in [0.2, 0.25) is 0 Å². The summed E-state index contributed by atoms with van der Waals surface area (Å²) < 4.78 is 0. The van der Waals surface area contributed by atoms with Gasteiger partial charge in [-0.2, -0.15) is 0 Å². The molecule has 0 bridgehead atoms. The monoisotopic (exact) mass is 443 g/mol. The number of pyridine rings is 1. The predicted molar refractivity (Wildman–Crippen MR) is 114 cm³/mol. The second-order valence-electron chi connectivity index (χ2n) is 7.25. The summed E-state index contributed by atoms with van der Waals surface area (Å²) in [4.78, 5) is 27.5. The number of hydrogen-bond donors (Lipinski definition) is 2. The number of aromatic nitrogens is 5. The summed E-state index contributed by atoms with van der Waals surface area (Å²) in [6.45, 7) is 1.46. The highest BCUT2D eigenvalue weighted by Crippen LogP contribution is 2.41. The van der Waals surface area contributed by atoms with Gasteiger partial charge in [0, 0.05) is 31.2 Å². The second-order valence-corrected chi connectivity index (χ2v) is 9.32. The molecule has 1 aliphatic rings. The van der Waals surface area contributed by atoms with E-state index in [9.17, 15) is 9.59 Å². The third kappa shape index (κ3) is 5.42. The lowest BCUT2D eigenvalue weighted by atomic mass is 10.0. The predicted octanol–water partition coefficient (Wildman–Crippen LogP) is 3.05. The first-order valence-corrected chi connectivity index (χ1v) is 11.3. The average Bonchev–Trinajstić information content (AvgIpc) is 3.44. The number of amides is 2. The molecule has 1 aliphatic carbocycles. The molecule has 156 valence electrons. The first-order chi connectivity index (χ1) is 14.5. The first kappa shape index (κ1) is 20.5. The zero-order valence-electron chi connectivity index (χ0n) is 16.4. The second kappa shape index (κ2) is 9.35. The summed E-state index contributed by atoms with van der Waals surface area (Å²) in [7, 11) is 0. The van der Waals surface area contributed by atoms with Crippen LogP contribution < -0.4 is 10.6 Å². The molecule has 0 radical (unpaired) electrons. The van der Waals surface area contributed by atoms with Crippen LogP contribution in [-0.4, -0.2) is 37.2 Å². The quantitative estimate of drug-likeness (QED) is 0.575. The molecule has 1 saturated carbocycles. The van der Waals surface area contributed by atoms with Gasteiger partial charge in [0.15, 0.2) is 0 Å². The minimum absolute atomic E-state index is 0.138. The van der Waals surface area contributed by atoms with E-state index in [1.54, 1.807) is 6.20 Å². The maximum Gasteiger partial charge on any atom is 0.232 e. The fraction of sp³-hybridized carbons (Fsp3) is 0.421. The van der Waals surface area contributed by atoms with E-state index in [0.717, 1.165) is 41.4 Å². The zero-order valence-corrected chi connectivity index (χ0v) is 18.0. The number of anilines is 2. The van der Waals surface area contributed by atoms with E-state index in [-0.39, 0.29) is 18.2 Å². The number of carbonyl (C=O) groups is 2. The molecule has 1 unspecified atom stereocenters. The van der Waals surface area contributed by atoms with Gasteiger partial charge < -0.3 is 10.6 Å². The van der Waals surface area contributed by atoms with E-state index < -0.39 is 0 Å². The van der Waals surface area contributed by atoms with Gasteiger partial charge in [0.1, 0.15) is 10.0 Å². The van der Waals surface area contributed by atoms with Gasteiger partial charge in [-0.25, -0.2) is 0 Å². The zero-order chi connectivity index (χ0) is 20.9. The summed E-state index contributed by atoms with van der Waals surface area (Å²) in [5.41, 5.74) is 0.718. The molecular weight excluding hydrogens is 422 g/mol. The Morgan fingerprint density at radius 3 is 2.70 bits per heavy atom. The van der Waals surface area contributed by atoms with Gasteiger partial charge in [0.05, 0.1) is 6.42 Å². The third-order valence-electron chi connectivity index (χ3n) is 4.86. The summed E-state index contributed by atoms with van der Waals surface area (Å²) in [6.07, 6.45) is 5.86. The van der Waals surface area contributed by atoms with Crippen LogP contribution in [-0.2, 0) is 22.4 Å². The van der Waals surface area contributed by atoms with Crippen LogP contribution in [0.5, 0.6) is 0 Å². The number of hydrogen-bond acceptors (Lipinski definition) is 9. The summed E-state index contributed by atoms with van der Waals surface area (Å²) >= 11 is 2.87. The van der Waals surface area contributed by atoms with Crippen molar-refractivity contribution in [2.45, 2.75) is 44.9 Å². The van der Waals surface area contributed by atoms with Crippen LogP contribution in [0.15, 0.2) is 24.4 Å². The highest BCUT2D eigenvalue weighted by atomic mass is 32.1. The van der Waals surface area contributed by atoms with Crippen molar-refractivity contribution in [2.24, 2.45) is 5.92 Å². The van der Waals surface area contributed by atoms with E-state index in [4.69, 9.17) is 0 Å². The van der Waals surface area contributed by atoms with Crippen LogP contribution in [0.25, 0.3) is 0 Å². The Labute approximate surface area is 181 Å². The molecule has 4 rings (SSSR count). The van der Waals surface area contributed by atoms with E-state index in [1.807, 2.05) is 18.2 Å². The minimum atomic E-state index is -0.149. The third-order valence-corrected chi connectivity index (χ3v) is 6.72. The molecule has 0 aromatic carbocycles. The lowest BCUT2D eigenvalue weighted by molar-refractivity contribution is -0.116. The minimum Gasteiger partial charge on any atom is -0.301 e. The summed E-state index contributed by atoms with van der Waals surface area (Å²) in [5.74, 6) is 0.568. The molecule has 9 nitrogen and oxygen atoms in total. The van der Waals surface area contributed by atoms with Gasteiger partial charge in [-0.1, -0.05) is 28.7 Å². The van der Waals surface area contributed by atoms with Crippen LogP contribution in [0.3, 0.4) is 0 Å². The van der Waals surface area contributed by atoms with Gasteiger partial charge >= 0.3 is 0 Å². The van der Waals surface area contributed by atoms with Crippen molar-refractivity contribution in [3.05, 3.63) is 40.1 Å². The Hall–Kier alpha value is -2.79. The molecule has 0 aliphatic heterocycles. The Balaban J connectivity index is 1.27. The summed E-state index contributed by atoms with van der Waals surface area (Å²) in [6, 6.07) is 5.49. The van der Waals surface area contributed by atoms with E-state index >= 15 is 0 Å². The van der Waals surface area contributed by atoms with Crippen molar-refractivity contribution < 1.29 is 9.59 Å². The molecule has 30 heavy (non-hydrogen) atoms. The number of nitrogens with one attached hydrogen (secondary N) is 2. The Morgan fingerprint density at radius 1 is 1.07 bits per heavy atom. The Morgan fingerprint density at radius 2 is 1.90 bits per heavy atom. The maximum atomic E-state index is 12.2. The molecule has 3 aromatic heterocycles. The molecule has 11 heteroatoms. The van der Waals surface area contributed by atoms with Crippen molar-refractivity contribution in [1.29, 1.82) is 0 Å². The van der Waals surface area contributed by atoms with Gasteiger partial charge in [-0.3, -0.25) is 14.6 Å². The molecular formula is C19H21N7O2S2. The van der Waals surface area contributed by atoms with E-state index in [1.165, 1.54) is 29.6 Å². The lowest BCUT2D eigenvalue weighted by Crippen LogP contribution is -2.14. The van der Waals surface area contributed by atoms with Crippen molar-refractivity contribution in [3.63, 3.8) is 0 Å². The molecule has 2 N–H and O–H groups in total. The Bertz CT molecular complexity index is 1020. The van der Waals surface area contributed by atoms with Crippen molar-refractivity contribution in [1.82, 2.24) is 25.4 Å². The average molecular weight is 444 g/mol. The van der Waals surface area contributed by atoms with E-state index in [0.29, 0.717) is 22.1 Å². The number of carbonyl (C=O) groups excluding carboxylic acids is 2. The topological polar surface area (TPSA) is 123 Å². The van der Waals surface area contributed by atoms with Crippen LogP contribution in [0, 0.1) is 5.92 Å². The highest BCUT2D eigenvalue weighted by molar-refractivity contribution is 7.15. The highest BCUT2D eigenvalue weighted by Gasteiger charge is 2.29. The maximum absolute atomic E-state index is 12.2. The largest absolute Gasteiger partial charge is 0.301 e. The fourth-order valence-electron chi connectivity index (χ4n) is 3.55. The lowest BCUT2D eigenvalue weighted by Gasteiger charge is -2.06. The smallest absolute Gasteiger partial charge is 0.232 e. The molecule has 1 fully saturated rings. The van der Waals surface area contributed by atoms with Gasteiger partial charge in [0.2, 0.25) is 22.1 Å². The number of rotatable bonds is 7. The van der Waals surface area contributed by atoms with Crippen LogP contribution in [0.4, 0.5) is 10.3 Å². The summed E-state index contributed by atoms with van der Waals surface area (Å²) in [5, 5.41) is 25.1. The standard InChI is InChI=1S/C19H21N7O2S2/c1-11(27)21-18-26-24-17(30-18)13-6-5-12(8-13)9-16-23-25-19(29-16)22-15(28)10-14-4-2-3-7-20-14/h2-4,7,12-13H,5-6,8-10H2,1H3,(H,21,26,27)(H,22,25,28)/t12-,13?/m1/s1. The van der Waals surface area contributed by atoms with Crippen molar-refractivity contribution >= 4 is 44.8 Å². The van der Waals surface area contributed by atoms with Crippen LogP contribution >= 0.6 is 22.7 Å². The molecule has 2 amide bonds. The van der Waals surface area contributed by atoms with Crippen LogP contribution in [0.1, 0.15) is 47.8 Å². The van der Waals surface area contributed by atoms with Gasteiger partial charge in [0.25, 0.3) is 0 Å². The molecule has 3 aromatic rings. The van der Waals surface area contributed by atoms with Crippen molar-refractivity contribution in [2.75, 3.05) is 10.6 Å². The first-order valence-electron chi connectivity index (χ1n) is 9.68. The number of nitrogens with zero attached hydrogens (tertiary/aromatic N) is 5. The van der Waals surface area contributed by atoms with E-state index in [2.05, 4.69) is 36.0 Å². The SMILES string of the molecule is CC(=O)Nc1nnc(C2CC[C@@H](Cc3nnc(NC(=O)Cc4ccccn4)s3)C2)s1. The Kier molecular flexibility index (Phi) is 6.38. The normalized spacial score (nSPS) is 18.3. The molecule has 0 spiro atoms. The van der Waals surface area contributed by atoms with Crippen molar-refractivity contribution in [3.8, 4) is 0 Å². The molecule has 0 saturated heterocycles. The van der Waals surface area contributed by atoms with Gasteiger partial charge in [-0.05, 0) is 37.3 Å². The molecule has 3 heterocycles. The fourth-order valence-corrected chi connectivity index (χ4v) is 5.36. The van der Waals surface area contributed by atoms with Gasteiger partial charge in [-0.15, -0.1) is 20.4 Å². The molecule has 2 atom stereocenters.